The summed E-state index contributed by atoms with van der Waals surface area (Å²) >= 11 is 0. The summed E-state index contributed by atoms with van der Waals surface area (Å²) < 4.78 is 0. The first kappa shape index (κ1) is 18.3. The lowest BCUT2D eigenvalue weighted by atomic mass is 9.97. The molecule has 0 fully saturated rings. The molecule has 0 saturated carbocycles. The van der Waals surface area contributed by atoms with Crippen molar-refractivity contribution in [1.29, 1.82) is 0 Å². The lowest BCUT2D eigenvalue weighted by Gasteiger charge is -2.09. The van der Waals surface area contributed by atoms with Gasteiger partial charge < -0.3 is 5.73 Å². The van der Waals surface area contributed by atoms with E-state index in [0.29, 0.717) is 5.70 Å². The van der Waals surface area contributed by atoms with Crippen LogP contribution in [0.1, 0.15) is 50.3 Å². The lowest BCUT2D eigenvalue weighted by molar-refractivity contribution is 0.626. The molecule has 2 N–H and O–H groups in total. The summed E-state index contributed by atoms with van der Waals surface area (Å²) in [6.07, 6.45) is 7.53. The van der Waals surface area contributed by atoms with E-state index in [-0.39, 0.29) is 0 Å². The highest BCUT2D eigenvalue weighted by Crippen LogP contribution is 2.26. The van der Waals surface area contributed by atoms with Crippen molar-refractivity contribution in [3.63, 3.8) is 0 Å². The average Bonchev–Trinajstić information content (AvgIpc) is 2.92. The molecule has 0 spiro atoms. The van der Waals surface area contributed by atoms with Crippen molar-refractivity contribution >= 4 is 0 Å². The van der Waals surface area contributed by atoms with Crippen LogP contribution in [0.2, 0.25) is 0 Å². The highest BCUT2D eigenvalue weighted by atomic mass is 14.6. The van der Waals surface area contributed by atoms with Gasteiger partial charge in [0.1, 0.15) is 0 Å². The first-order valence-electron chi connectivity index (χ1n) is 8.23. The Labute approximate surface area is 136 Å². The fourth-order valence-electron chi connectivity index (χ4n) is 2.16. The largest absolute Gasteiger partial charge is 0.399 e. The maximum absolute atomic E-state index is 5.71. The van der Waals surface area contributed by atoms with Crippen molar-refractivity contribution in [2.75, 3.05) is 0 Å². The third kappa shape index (κ3) is 5.93. The van der Waals surface area contributed by atoms with Crippen molar-refractivity contribution < 1.29 is 0 Å². The Hall–Kier alpha value is -1.76. The van der Waals surface area contributed by atoms with E-state index in [9.17, 15) is 0 Å². The highest BCUT2D eigenvalue weighted by Gasteiger charge is 2.11. The molecular formula is C21H31N. The van der Waals surface area contributed by atoms with E-state index in [1.807, 2.05) is 0 Å². The molecule has 0 unspecified atom stereocenters. The van der Waals surface area contributed by atoms with E-state index in [4.69, 9.17) is 5.73 Å². The number of hydrogen-bond donors (Lipinski definition) is 1. The van der Waals surface area contributed by atoms with E-state index in [1.165, 1.54) is 28.7 Å². The van der Waals surface area contributed by atoms with Gasteiger partial charge >= 0.3 is 0 Å². The highest BCUT2D eigenvalue weighted by molar-refractivity contribution is 5.43. The van der Waals surface area contributed by atoms with Crippen LogP contribution in [-0.4, -0.2) is 0 Å². The Morgan fingerprint density at radius 1 is 1.23 bits per heavy atom. The second kappa shape index (κ2) is 8.63. The molecule has 0 aliphatic heterocycles. The van der Waals surface area contributed by atoms with Crippen molar-refractivity contribution in [3.05, 3.63) is 70.5 Å². The zero-order valence-electron chi connectivity index (χ0n) is 14.9. The molecule has 1 aliphatic carbocycles. The second-order valence-electron chi connectivity index (χ2n) is 6.63. The fourth-order valence-corrected chi connectivity index (χ4v) is 2.16. The zero-order valence-corrected chi connectivity index (χ0v) is 14.9. The lowest BCUT2D eigenvalue weighted by Crippen LogP contribution is -1.99. The van der Waals surface area contributed by atoms with Crippen LogP contribution in [0.4, 0.5) is 0 Å². The topological polar surface area (TPSA) is 26.0 Å². The SMILES string of the molecule is C=C(N)C1=CC=C(Cc2cc(C)ccc2C)C1.CCC(C)C. The molecule has 1 aromatic rings. The molecule has 0 heterocycles. The van der Waals surface area contributed by atoms with Crippen LogP contribution < -0.4 is 5.73 Å². The van der Waals surface area contributed by atoms with Gasteiger partial charge in [-0.25, -0.2) is 0 Å². The molecule has 0 saturated heterocycles. The maximum atomic E-state index is 5.71. The molecule has 120 valence electrons. The smallest absolute Gasteiger partial charge is 0.0276 e. The standard InChI is InChI=1S/C16H19N.C5H12/c1-11-4-5-12(2)16(8-11)10-14-6-7-15(9-14)13(3)17;1-4-5(2)3/h4-8H,3,9-10,17H2,1-2H3;5H,4H2,1-3H3. The van der Waals surface area contributed by atoms with Gasteiger partial charge in [0.2, 0.25) is 0 Å². The minimum absolute atomic E-state index is 0.692. The molecular weight excluding hydrogens is 266 g/mol. The van der Waals surface area contributed by atoms with E-state index >= 15 is 0 Å². The van der Waals surface area contributed by atoms with E-state index < -0.39 is 0 Å². The average molecular weight is 297 g/mol. The molecule has 1 aliphatic rings. The minimum atomic E-state index is 0.692. The second-order valence-corrected chi connectivity index (χ2v) is 6.63. The van der Waals surface area contributed by atoms with Gasteiger partial charge in [0.25, 0.3) is 0 Å². The molecule has 0 radical (unpaired) electrons. The molecule has 0 amide bonds. The first-order chi connectivity index (χ1) is 10.3. The third-order valence-electron chi connectivity index (χ3n) is 4.09. The van der Waals surface area contributed by atoms with Crippen LogP contribution >= 0.6 is 0 Å². The Balaban J connectivity index is 0.000000422. The Morgan fingerprint density at radius 3 is 2.36 bits per heavy atom. The Morgan fingerprint density at radius 2 is 1.86 bits per heavy atom. The molecule has 22 heavy (non-hydrogen) atoms. The third-order valence-corrected chi connectivity index (χ3v) is 4.09. The minimum Gasteiger partial charge on any atom is -0.399 e. The van der Waals surface area contributed by atoms with Crippen molar-refractivity contribution in [1.82, 2.24) is 0 Å². The number of allylic oxidation sites excluding steroid dienone is 4. The summed E-state index contributed by atoms with van der Waals surface area (Å²) in [5.74, 6) is 0.884. The van der Waals surface area contributed by atoms with Crippen LogP contribution in [0, 0.1) is 19.8 Å². The van der Waals surface area contributed by atoms with E-state index in [1.54, 1.807) is 0 Å². The van der Waals surface area contributed by atoms with Crippen molar-refractivity contribution in [3.8, 4) is 0 Å². The summed E-state index contributed by atoms with van der Waals surface area (Å²) in [7, 11) is 0. The molecule has 0 bridgehead atoms. The summed E-state index contributed by atoms with van der Waals surface area (Å²) in [5, 5.41) is 0. The molecule has 0 atom stereocenters. The van der Waals surface area contributed by atoms with Gasteiger partial charge in [-0.2, -0.15) is 0 Å². The van der Waals surface area contributed by atoms with E-state index in [0.717, 1.165) is 24.3 Å². The van der Waals surface area contributed by atoms with Crippen LogP contribution in [0.3, 0.4) is 0 Å². The predicted octanol–water partition coefficient (Wildman–Crippen LogP) is 5.63. The van der Waals surface area contributed by atoms with Crippen LogP contribution in [0.5, 0.6) is 0 Å². The first-order valence-corrected chi connectivity index (χ1v) is 8.23. The van der Waals surface area contributed by atoms with Crippen LogP contribution in [0.25, 0.3) is 0 Å². The van der Waals surface area contributed by atoms with Gasteiger partial charge in [0.05, 0.1) is 0 Å². The summed E-state index contributed by atoms with van der Waals surface area (Å²) in [6.45, 7) is 14.7. The number of aryl methyl sites for hydroxylation is 2. The monoisotopic (exact) mass is 297 g/mol. The molecule has 0 aromatic heterocycles. The fraction of sp³-hybridized carbons (Fsp3) is 0.429. The number of benzene rings is 1. The normalized spacial score (nSPS) is 13.4. The van der Waals surface area contributed by atoms with Crippen molar-refractivity contribution in [2.24, 2.45) is 11.7 Å². The summed E-state index contributed by atoms with van der Waals surface area (Å²) in [5.41, 5.74) is 13.1. The van der Waals surface area contributed by atoms with Gasteiger partial charge in [-0.3, -0.25) is 0 Å². The number of rotatable bonds is 4. The molecule has 1 aromatic carbocycles. The molecule has 1 nitrogen and oxygen atoms in total. The van der Waals surface area contributed by atoms with Gasteiger partial charge in [0, 0.05) is 5.70 Å². The van der Waals surface area contributed by atoms with Crippen LogP contribution in [0.15, 0.2) is 53.8 Å². The number of hydrogen-bond acceptors (Lipinski definition) is 1. The molecule has 2 rings (SSSR count). The summed E-state index contributed by atoms with van der Waals surface area (Å²) in [4.78, 5) is 0. The van der Waals surface area contributed by atoms with Gasteiger partial charge in [0.15, 0.2) is 0 Å². The van der Waals surface area contributed by atoms with Gasteiger partial charge in [-0.05, 0) is 49.3 Å². The Bertz CT molecular complexity index is 574. The predicted molar refractivity (Wildman–Crippen MR) is 98.9 cm³/mol. The zero-order chi connectivity index (χ0) is 16.7. The Kier molecular flexibility index (Phi) is 7.17. The van der Waals surface area contributed by atoms with Crippen molar-refractivity contribution in [2.45, 2.75) is 53.9 Å². The van der Waals surface area contributed by atoms with E-state index in [2.05, 4.69) is 71.5 Å². The molecule has 1 heteroatoms. The van der Waals surface area contributed by atoms with Gasteiger partial charge in [-0.1, -0.05) is 75.3 Å². The summed E-state index contributed by atoms with van der Waals surface area (Å²) in [6, 6.07) is 6.62. The quantitative estimate of drug-likeness (QED) is 0.766. The van der Waals surface area contributed by atoms with Gasteiger partial charge in [-0.15, -0.1) is 0 Å². The van der Waals surface area contributed by atoms with Crippen LogP contribution in [-0.2, 0) is 6.42 Å². The maximum Gasteiger partial charge on any atom is 0.0276 e. The number of nitrogens with two attached hydrogens (primary N) is 1.